The van der Waals surface area contributed by atoms with Crippen molar-refractivity contribution in [3.05, 3.63) is 24.3 Å². The summed E-state index contributed by atoms with van der Waals surface area (Å²) < 4.78 is 31.6. The van der Waals surface area contributed by atoms with Gasteiger partial charge in [0.2, 0.25) is 5.78 Å². The summed E-state index contributed by atoms with van der Waals surface area (Å²) in [5.74, 6) is -2.59. The molecule has 0 radical (unpaired) electrons. The normalized spacial score (nSPS) is 10.6. The molecule has 3 N–H and O–H groups in total. The van der Waals surface area contributed by atoms with Crippen LogP contribution in [0.5, 0.6) is 5.75 Å². The first-order valence-corrected chi connectivity index (χ1v) is 10.2. The monoisotopic (exact) mass is 457 g/mol. The Balaban J connectivity index is 1.78. The second-order valence-electron chi connectivity index (χ2n) is 6.28. The van der Waals surface area contributed by atoms with Gasteiger partial charge in [-0.2, -0.15) is 0 Å². The van der Waals surface area contributed by atoms with E-state index in [-0.39, 0.29) is 26.1 Å². The maximum absolute atomic E-state index is 11.3. The number of carbonyl (C=O) groups is 3. The maximum Gasteiger partial charge on any atom is 0.372 e. The van der Waals surface area contributed by atoms with Crippen molar-refractivity contribution in [1.82, 2.24) is 0 Å². The molecule has 0 aliphatic carbocycles. The number of carbonyl (C=O) groups excluding carboxylic acids is 2. The van der Waals surface area contributed by atoms with Crippen molar-refractivity contribution in [1.29, 1.82) is 0 Å². The lowest BCUT2D eigenvalue weighted by atomic mass is 10.2. The Labute approximate surface area is 186 Å². The average Bonchev–Trinajstić information content (AvgIpc) is 2.78. The minimum atomic E-state index is -1.56. The van der Waals surface area contributed by atoms with Crippen LogP contribution >= 0.6 is 0 Å². The summed E-state index contributed by atoms with van der Waals surface area (Å²) in [7, 11) is 0. The van der Waals surface area contributed by atoms with E-state index in [0.717, 1.165) is 0 Å². The van der Waals surface area contributed by atoms with Gasteiger partial charge in [-0.1, -0.05) is 12.1 Å². The highest BCUT2D eigenvalue weighted by Crippen LogP contribution is 2.19. The predicted octanol–water partition coefficient (Wildman–Crippen LogP) is 0.691. The average molecular weight is 457 g/mol. The number of Topliss-reactive ketones (excluding diaryl/α,β-unsaturated/α-hetero) is 1. The molecule has 0 amide bonds. The Hall–Kier alpha value is -2.73. The summed E-state index contributed by atoms with van der Waals surface area (Å²) in [4.78, 5) is 32.5. The molecule has 1 aromatic rings. The van der Waals surface area contributed by atoms with E-state index in [1.165, 1.54) is 0 Å². The lowest BCUT2D eigenvalue weighted by molar-refractivity contribution is -0.151. The van der Waals surface area contributed by atoms with Crippen LogP contribution in [0.4, 0.5) is 5.69 Å². The lowest BCUT2D eigenvalue weighted by Gasteiger charge is -2.09. The highest BCUT2D eigenvalue weighted by molar-refractivity contribution is 6.32. The van der Waals surface area contributed by atoms with Gasteiger partial charge < -0.3 is 39.3 Å². The van der Waals surface area contributed by atoms with Crippen LogP contribution < -0.4 is 10.5 Å². The third-order valence-electron chi connectivity index (χ3n) is 3.81. The Morgan fingerprint density at radius 3 is 1.75 bits per heavy atom. The second-order valence-corrected chi connectivity index (χ2v) is 6.28. The van der Waals surface area contributed by atoms with Crippen LogP contribution in [0.25, 0.3) is 0 Å². The van der Waals surface area contributed by atoms with E-state index < -0.39 is 17.7 Å². The van der Waals surface area contributed by atoms with E-state index in [1.807, 2.05) is 12.1 Å². The number of esters is 1. The number of hydrogen-bond acceptors (Lipinski definition) is 10. The van der Waals surface area contributed by atoms with Crippen molar-refractivity contribution >= 4 is 23.4 Å². The zero-order valence-corrected chi connectivity index (χ0v) is 18.0. The van der Waals surface area contributed by atoms with E-state index in [2.05, 4.69) is 0 Å². The molecule has 11 heteroatoms. The van der Waals surface area contributed by atoms with Crippen molar-refractivity contribution in [2.24, 2.45) is 0 Å². The minimum Gasteiger partial charge on any atom is -0.489 e. The summed E-state index contributed by atoms with van der Waals surface area (Å²) in [6.45, 7) is 3.44. The molecule has 0 aliphatic rings. The van der Waals surface area contributed by atoms with Crippen molar-refractivity contribution in [3.8, 4) is 5.75 Å². The Bertz CT molecular complexity index is 682. The standard InChI is InChI=1S/C21H31NO10/c22-17-3-1-2-4-19(17)31-15-13-29-11-9-27-7-8-28-10-12-30-14-16-32-20(24)6-5-18(23)21(25)26/h1-4H,5-16,22H2,(H,25,26). The van der Waals surface area contributed by atoms with Gasteiger partial charge in [0.15, 0.2) is 0 Å². The number of carboxylic acid groups (broad SMARTS) is 1. The largest absolute Gasteiger partial charge is 0.489 e. The molecular formula is C21H31NO10. The fourth-order valence-electron chi connectivity index (χ4n) is 2.19. The number of rotatable bonds is 20. The van der Waals surface area contributed by atoms with Crippen LogP contribution in [0, 0.1) is 0 Å². The number of hydrogen-bond donors (Lipinski definition) is 2. The van der Waals surface area contributed by atoms with Gasteiger partial charge in [-0.25, -0.2) is 4.79 Å². The van der Waals surface area contributed by atoms with Crippen LogP contribution in [0.15, 0.2) is 24.3 Å². The molecule has 0 atom stereocenters. The van der Waals surface area contributed by atoms with E-state index in [1.54, 1.807) is 12.1 Å². The highest BCUT2D eigenvalue weighted by atomic mass is 16.6. The molecule has 0 fully saturated rings. The quantitative estimate of drug-likeness (QED) is 0.123. The summed E-state index contributed by atoms with van der Waals surface area (Å²) >= 11 is 0. The van der Waals surface area contributed by atoms with E-state index in [9.17, 15) is 14.4 Å². The molecule has 0 aliphatic heterocycles. The number of para-hydroxylation sites is 2. The number of carboxylic acids is 1. The molecule has 0 saturated carbocycles. The lowest BCUT2D eigenvalue weighted by Crippen LogP contribution is -2.17. The molecule has 32 heavy (non-hydrogen) atoms. The number of aliphatic carboxylic acids is 1. The molecule has 0 aromatic heterocycles. The number of ketones is 1. The van der Waals surface area contributed by atoms with Gasteiger partial charge in [0.1, 0.15) is 19.0 Å². The number of nitrogen functional groups attached to an aromatic ring is 1. The summed E-state index contributed by atoms with van der Waals surface area (Å²) in [6.07, 6.45) is -0.648. The van der Waals surface area contributed by atoms with Crippen molar-refractivity contribution < 1.29 is 47.9 Å². The third-order valence-corrected chi connectivity index (χ3v) is 3.81. The Kier molecular flexibility index (Phi) is 15.3. The zero-order chi connectivity index (χ0) is 23.4. The number of anilines is 1. The minimum absolute atomic E-state index is 0.0208. The number of ether oxygens (including phenoxy) is 6. The van der Waals surface area contributed by atoms with Crippen LogP contribution in [0.2, 0.25) is 0 Å². The maximum atomic E-state index is 11.3. The number of nitrogens with two attached hydrogens (primary N) is 1. The Morgan fingerprint density at radius 1 is 0.719 bits per heavy atom. The molecule has 1 rings (SSSR count). The molecule has 0 spiro atoms. The number of benzene rings is 1. The second kappa shape index (κ2) is 17.9. The molecule has 11 nitrogen and oxygen atoms in total. The van der Waals surface area contributed by atoms with Crippen LogP contribution in [-0.2, 0) is 38.1 Å². The summed E-state index contributed by atoms with van der Waals surface area (Å²) in [5.41, 5.74) is 6.36. The molecule has 0 saturated heterocycles. The first-order valence-electron chi connectivity index (χ1n) is 10.2. The summed E-state index contributed by atoms with van der Waals surface area (Å²) in [6, 6.07) is 7.27. The van der Waals surface area contributed by atoms with Gasteiger partial charge in [0.25, 0.3) is 0 Å². The van der Waals surface area contributed by atoms with Gasteiger partial charge in [0, 0.05) is 6.42 Å². The van der Waals surface area contributed by atoms with E-state index in [4.69, 9.17) is 39.3 Å². The van der Waals surface area contributed by atoms with E-state index >= 15 is 0 Å². The summed E-state index contributed by atoms with van der Waals surface area (Å²) in [5, 5.41) is 8.40. The van der Waals surface area contributed by atoms with Gasteiger partial charge in [-0.05, 0) is 12.1 Å². The molecule has 0 heterocycles. The van der Waals surface area contributed by atoms with Crippen LogP contribution in [0.1, 0.15) is 12.8 Å². The fraction of sp³-hybridized carbons (Fsp3) is 0.571. The molecular weight excluding hydrogens is 426 g/mol. The fourth-order valence-corrected chi connectivity index (χ4v) is 2.19. The highest BCUT2D eigenvalue weighted by Gasteiger charge is 2.14. The van der Waals surface area contributed by atoms with E-state index in [0.29, 0.717) is 64.3 Å². The van der Waals surface area contributed by atoms with Gasteiger partial charge >= 0.3 is 11.9 Å². The van der Waals surface area contributed by atoms with Gasteiger partial charge in [-0.15, -0.1) is 0 Å². The molecule has 1 aromatic carbocycles. The van der Waals surface area contributed by atoms with Gasteiger partial charge in [-0.3, -0.25) is 9.59 Å². The smallest absolute Gasteiger partial charge is 0.372 e. The predicted molar refractivity (Wildman–Crippen MR) is 112 cm³/mol. The first-order chi connectivity index (χ1) is 15.5. The van der Waals surface area contributed by atoms with Gasteiger partial charge in [0.05, 0.1) is 65.0 Å². The zero-order valence-electron chi connectivity index (χ0n) is 18.0. The topological polar surface area (TPSA) is 153 Å². The van der Waals surface area contributed by atoms with Crippen molar-refractivity contribution in [2.75, 3.05) is 71.8 Å². The Morgan fingerprint density at radius 2 is 1.22 bits per heavy atom. The van der Waals surface area contributed by atoms with Crippen LogP contribution in [0.3, 0.4) is 0 Å². The van der Waals surface area contributed by atoms with Crippen LogP contribution in [-0.4, -0.2) is 88.9 Å². The third kappa shape index (κ3) is 14.3. The van der Waals surface area contributed by atoms with Crippen molar-refractivity contribution in [2.45, 2.75) is 12.8 Å². The SMILES string of the molecule is Nc1ccccc1OCCOCCOCCOCCOCCOC(=O)CCC(=O)C(=O)O. The van der Waals surface area contributed by atoms with Crippen molar-refractivity contribution in [3.63, 3.8) is 0 Å². The molecule has 180 valence electrons. The first kappa shape index (κ1) is 27.3. The molecule has 0 unspecified atom stereocenters. The molecule has 0 bridgehead atoms.